The van der Waals surface area contributed by atoms with Gasteiger partial charge in [-0.2, -0.15) is 0 Å². The summed E-state index contributed by atoms with van der Waals surface area (Å²) in [6.45, 7) is 6.99. The van der Waals surface area contributed by atoms with Gasteiger partial charge in [-0.05, 0) is 27.7 Å². The van der Waals surface area contributed by atoms with Crippen LogP contribution in [0.5, 0.6) is 0 Å². The summed E-state index contributed by atoms with van der Waals surface area (Å²) in [5.74, 6) is -0.341. The molecule has 2 N–H and O–H groups in total. The lowest BCUT2D eigenvalue weighted by Crippen LogP contribution is -2.50. The number of sulfonamides is 1. The van der Waals surface area contributed by atoms with Crippen LogP contribution in [0.15, 0.2) is 0 Å². The van der Waals surface area contributed by atoms with Gasteiger partial charge in [-0.3, -0.25) is 4.79 Å². The molecule has 0 bridgehead atoms. The topological polar surface area (TPSA) is 75.3 Å². The van der Waals surface area contributed by atoms with Crippen molar-refractivity contribution < 1.29 is 13.2 Å². The van der Waals surface area contributed by atoms with Crippen molar-refractivity contribution >= 4 is 31.9 Å². The van der Waals surface area contributed by atoms with Gasteiger partial charge >= 0.3 is 0 Å². The smallest absolute Gasteiger partial charge is 0.238 e. The maximum Gasteiger partial charge on any atom is 0.238 e. The molecule has 7 heteroatoms. The van der Waals surface area contributed by atoms with E-state index in [-0.39, 0.29) is 16.1 Å². The number of hydrogen-bond donors (Lipinski definition) is 2. The minimum absolute atomic E-state index is 0.215. The van der Waals surface area contributed by atoms with Crippen LogP contribution in [0.2, 0.25) is 0 Å². The Bertz CT molecular complexity index is 321. The first-order valence-corrected chi connectivity index (χ1v) is 7.23. The van der Waals surface area contributed by atoms with Gasteiger partial charge in [0.1, 0.15) is 4.66 Å². The minimum atomic E-state index is -3.41. The number of hydrogen-bond acceptors (Lipinski definition) is 3. The number of rotatable bonds is 4. The highest BCUT2D eigenvalue weighted by Gasteiger charge is 2.22. The van der Waals surface area contributed by atoms with Crippen LogP contribution in [0.25, 0.3) is 0 Å². The lowest BCUT2D eigenvalue weighted by molar-refractivity contribution is -0.123. The normalized spacial score (nSPS) is 14.7. The zero-order valence-electron chi connectivity index (χ0n) is 9.30. The summed E-state index contributed by atoms with van der Waals surface area (Å²) in [4.78, 5) is 11.5. The molecule has 1 atom stereocenters. The summed E-state index contributed by atoms with van der Waals surface area (Å²) in [7, 11) is -3.41. The second-order valence-corrected chi connectivity index (χ2v) is 7.36. The van der Waals surface area contributed by atoms with Gasteiger partial charge < -0.3 is 5.32 Å². The van der Waals surface area contributed by atoms with Gasteiger partial charge in [-0.25, -0.2) is 13.1 Å². The van der Waals surface area contributed by atoms with E-state index in [1.165, 1.54) is 6.92 Å². The minimum Gasteiger partial charge on any atom is -0.350 e. The lowest BCUT2D eigenvalue weighted by atomic mass is 10.1. The lowest BCUT2D eigenvalue weighted by Gasteiger charge is -2.23. The third-order valence-electron chi connectivity index (χ3n) is 1.39. The van der Waals surface area contributed by atoms with E-state index in [2.05, 4.69) is 26.0 Å². The summed E-state index contributed by atoms with van der Waals surface area (Å²) in [5.41, 5.74) is -0.370. The molecule has 0 aromatic heterocycles. The Balaban J connectivity index is 4.36. The van der Waals surface area contributed by atoms with Crippen LogP contribution in [-0.2, 0) is 14.8 Å². The first kappa shape index (κ1) is 14.9. The second-order valence-electron chi connectivity index (χ2n) is 4.30. The van der Waals surface area contributed by atoms with Gasteiger partial charge in [0.15, 0.2) is 0 Å². The molecule has 0 rings (SSSR count). The summed E-state index contributed by atoms with van der Waals surface area (Å²) in [6.07, 6.45) is 0. The number of carbonyl (C=O) groups is 1. The monoisotopic (exact) mass is 300 g/mol. The quantitative estimate of drug-likeness (QED) is 0.745. The Labute approximate surface area is 99.2 Å². The fraction of sp³-hybridized carbons (Fsp3) is 0.875. The van der Waals surface area contributed by atoms with Crippen LogP contribution in [0.3, 0.4) is 0 Å². The highest BCUT2D eigenvalue weighted by atomic mass is 79.9. The van der Waals surface area contributed by atoms with Crippen molar-refractivity contribution in [3.63, 3.8) is 0 Å². The largest absolute Gasteiger partial charge is 0.350 e. The molecule has 0 radical (unpaired) electrons. The van der Waals surface area contributed by atoms with E-state index in [1.54, 1.807) is 0 Å². The Morgan fingerprint density at radius 1 is 1.40 bits per heavy atom. The zero-order valence-corrected chi connectivity index (χ0v) is 11.7. The maximum absolute atomic E-state index is 11.5. The van der Waals surface area contributed by atoms with Crippen LogP contribution in [0, 0.1) is 0 Å². The van der Waals surface area contributed by atoms with Crippen molar-refractivity contribution in [1.82, 2.24) is 10.0 Å². The van der Waals surface area contributed by atoms with Crippen LogP contribution in [0.4, 0.5) is 0 Å². The molecule has 1 amide bonds. The number of alkyl halides is 1. The van der Waals surface area contributed by atoms with Gasteiger partial charge in [-0.1, -0.05) is 15.9 Å². The number of halogens is 1. The van der Waals surface area contributed by atoms with Gasteiger partial charge in [0.25, 0.3) is 0 Å². The van der Waals surface area contributed by atoms with E-state index in [9.17, 15) is 13.2 Å². The fourth-order valence-corrected chi connectivity index (χ4v) is 1.94. The SMILES string of the molecule is CC(NS(=O)(=O)CBr)C(=O)NC(C)(C)C. The molecule has 0 aromatic rings. The molecule has 0 aliphatic heterocycles. The van der Waals surface area contributed by atoms with E-state index in [4.69, 9.17) is 0 Å². The van der Waals surface area contributed by atoms with Crippen molar-refractivity contribution in [3.05, 3.63) is 0 Å². The Kier molecular flexibility index (Phi) is 5.22. The number of carbonyl (C=O) groups excluding carboxylic acids is 1. The van der Waals surface area contributed by atoms with Crippen LogP contribution >= 0.6 is 15.9 Å². The molecule has 0 aromatic carbocycles. The van der Waals surface area contributed by atoms with Crippen molar-refractivity contribution in [2.75, 3.05) is 4.66 Å². The average molecular weight is 301 g/mol. The molecule has 1 unspecified atom stereocenters. The molecule has 0 saturated heterocycles. The van der Waals surface area contributed by atoms with Crippen molar-refractivity contribution in [3.8, 4) is 0 Å². The predicted octanol–water partition coefficient (Wildman–Crippen LogP) is 0.561. The maximum atomic E-state index is 11.5. The van der Waals surface area contributed by atoms with E-state index >= 15 is 0 Å². The van der Waals surface area contributed by atoms with Gasteiger partial charge in [0.2, 0.25) is 15.9 Å². The van der Waals surface area contributed by atoms with Crippen molar-refractivity contribution in [2.24, 2.45) is 0 Å². The molecule has 0 fully saturated rings. The summed E-state index contributed by atoms with van der Waals surface area (Å²) in [5, 5.41) is 2.68. The third kappa shape index (κ3) is 6.86. The molecule has 90 valence electrons. The summed E-state index contributed by atoms with van der Waals surface area (Å²) >= 11 is 2.83. The molecule has 0 aliphatic carbocycles. The first-order chi connectivity index (χ1) is 6.57. The molecular formula is C8H17BrN2O3S. The Morgan fingerprint density at radius 3 is 2.20 bits per heavy atom. The number of nitrogens with one attached hydrogen (secondary N) is 2. The fourth-order valence-electron chi connectivity index (χ4n) is 0.832. The first-order valence-electron chi connectivity index (χ1n) is 4.45. The molecule has 0 saturated carbocycles. The molecule has 5 nitrogen and oxygen atoms in total. The summed E-state index contributed by atoms with van der Waals surface area (Å²) < 4.78 is 24.3. The van der Waals surface area contributed by atoms with Crippen LogP contribution in [0.1, 0.15) is 27.7 Å². The van der Waals surface area contributed by atoms with Crippen LogP contribution in [-0.4, -0.2) is 30.6 Å². The highest BCUT2D eigenvalue weighted by molar-refractivity contribution is 9.10. The van der Waals surface area contributed by atoms with Crippen molar-refractivity contribution in [2.45, 2.75) is 39.3 Å². The van der Waals surface area contributed by atoms with Gasteiger partial charge in [-0.15, -0.1) is 0 Å². The van der Waals surface area contributed by atoms with Gasteiger partial charge in [0, 0.05) is 5.54 Å². The number of amides is 1. The summed E-state index contributed by atoms with van der Waals surface area (Å²) in [6, 6.07) is -0.772. The predicted molar refractivity (Wildman–Crippen MR) is 63.2 cm³/mol. The third-order valence-corrected chi connectivity index (χ3v) is 4.20. The van der Waals surface area contributed by atoms with E-state index in [0.29, 0.717) is 0 Å². The molecular weight excluding hydrogens is 284 g/mol. The highest BCUT2D eigenvalue weighted by Crippen LogP contribution is 2.00. The standard InChI is InChI=1S/C8H17BrN2O3S/c1-6(11-15(13,14)5-9)7(12)10-8(2,3)4/h6,11H,5H2,1-4H3,(H,10,12). The van der Waals surface area contributed by atoms with Crippen molar-refractivity contribution in [1.29, 1.82) is 0 Å². The average Bonchev–Trinajstić information content (AvgIpc) is 2.00. The molecule has 0 heterocycles. The molecule has 0 aliphatic rings. The Morgan fingerprint density at radius 2 is 1.87 bits per heavy atom. The molecule has 0 spiro atoms. The zero-order chi connectivity index (χ0) is 12.3. The van der Waals surface area contributed by atoms with Gasteiger partial charge in [0.05, 0.1) is 6.04 Å². The Hall–Kier alpha value is -0.140. The van der Waals surface area contributed by atoms with E-state index < -0.39 is 16.1 Å². The molecule has 15 heavy (non-hydrogen) atoms. The van der Waals surface area contributed by atoms with Crippen LogP contribution < -0.4 is 10.0 Å². The second kappa shape index (κ2) is 5.27. The van der Waals surface area contributed by atoms with E-state index in [0.717, 1.165) is 0 Å². The van der Waals surface area contributed by atoms with E-state index in [1.807, 2.05) is 20.8 Å².